The molecule has 1 saturated carbocycles. The Morgan fingerprint density at radius 1 is 1.12 bits per heavy atom. The molecule has 0 aliphatic heterocycles. The Bertz CT molecular complexity index is 540. The summed E-state index contributed by atoms with van der Waals surface area (Å²) in [6.07, 6.45) is 9.36. The van der Waals surface area contributed by atoms with Crippen LogP contribution in [-0.2, 0) is 6.42 Å². The van der Waals surface area contributed by atoms with E-state index in [9.17, 15) is 4.79 Å². The lowest BCUT2D eigenvalue weighted by Gasteiger charge is -2.30. The molecule has 1 fully saturated rings. The van der Waals surface area contributed by atoms with Gasteiger partial charge in [-0.1, -0.05) is 38.2 Å². The third-order valence-corrected chi connectivity index (χ3v) is 5.11. The highest BCUT2D eigenvalue weighted by atomic mass is 16.5. The van der Waals surface area contributed by atoms with Crippen molar-refractivity contribution in [2.75, 3.05) is 27.8 Å². The molecule has 0 atom stereocenters. The van der Waals surface area contributed by atoms with Gasteiger partial charge in [0.1, 0.15) is 11.5 Å². The van der Waals surface area contributed by atoms with Gasteiger partial charge in [0, 0.05) is 25.7 Å². The normalized spacial score (nSPS) is 15.8. The van der Waals surface area contributed by atoms with Crippen LogP contribution in [0.5, 0.6) is 11.5 Å². The highest BCUT2D eigenvalue weighted by molar-refractivity contribution is 5.74. The van der Waals surface area contributed by atoms with Crippen molar-refractivity contribution in [3.05, 3.63) is 23.8 Å². The summed E-state index contributed by atoms with van der Waals surface area (Å²) in [5.41, 5.74) is 1.07. The van der Waals surface area contributed by atoms with E-state index in [-0.39, 0.29) is 6.03 Å². The molecule has 1 N–H and O–H groups in total. The smallest absolute Gasteiger partial charge is 0.317 e. The van der Waals surface area contributed by atoms with E-state index in [1.165, 1.54) is 32.1 Å². The number of hydrogen-bond acceptors (Lipinski definition) is 3. The number of urea groups is 1. The fraction of sp³-hybridized carbons (Fsp3) is 0.650. The first-order valence-corrected chi connectivity index (χ1v) is 9.37. The van der Waals surface area contributed by atoms with Crippen LogP contribution < -0.4 is 14.8 Å². The minimum atomic E-state index is 0.0260. The number of benzene rings is 1. The third kappa shape index (κ3) is 5.83. The largest absolute Gasteiger partial charge is 0.497 e. The van der Waals surface area contributed by atoms with Crippen molar-refractivity contribution in [1.82, 2.24) is 10.2 Å². The maximum Gasteiger partial charge on any atom is 0.317 e. The summed E-state index contributed by atoms with van der Waals surface area (Å²) < 4.78 is 10.6. The molecule has 1 aromatic carbocycles. The number of amides is 2. The monoisotopic (exact) mass is 348 g/mol. The molecule has 2 rings (SSSR count). The zero-order valence-electron chi connectivity index (χ0n) is 15.8. The van der Waals surface area contributed by atoms with Gasteiger partial charge in [-0.25, -0.2) is 4.79 Å². The molecule has 0 spiro atoms. The lowest BCUT2D eigenvalue weighted by Crippen LogP contribution is -2.44. The summed E-state index contributed by atoms with van der Waals surface area (Å²) in [6.45, 7) is 0.596. The topological polar surface area (TPSA) is 50.8 Å². The van der Waals surface area contributed by atoms with Crippen LogP contribution in [0.1, 0.15) is 50.5 Å². The van der Waals surface area contributed by atoms with Crippen LogP contribution in [0.2, 0.25) is 0 Å². The van der Waals surface area contributed by atoms with Crippen molar-refractivity contribution >= 4 is 6.03 Å². The van der Waals surface area contributed by atoms with E-state index in [4.69, 9.17) is 9.47 Å². The Morgan fingerprint density at radius 2 is 1.80 bits per heavy atom. The fourth-order valence-corrected chi connectivity index (χ4v) is 3.47. The second-order valence-electron chi connectivity index (χ2n) is 6.77. The molecule has 0 bridgehead atoms. The van der Waals surface area contributed by atoms with Gasteiger partial charge in [0.25, 0.3) is 0 Å². The first-order valence-electron chi connectivity index (χ1n) is 9.37. The number of nitrogens with one attached hydrogen (secondary N) is 1. The summed E-state index contributed by atoms with van der Waals surface area (Å²) >= 11 is 0. The molecule has 5 heteroatoms. The molecule has 0 radical (unpaired) electrons. The lowest BCUT2D eigenvalue weighted by atomic mass is 9.96. The van der Waals surface area contributed by atoms with Gasteiger partial charge in [0.2, 0.25) is 0 Å². The number of nitrogens with zero attached hydrogens (tertiary/aromatic N) is 1. The molecule has 1 aliphatic rings. The summed E-state index contributed by atoms with van der Waals surface area (Å²) in [6, 6.07) is 6.18. The van der Waals surface area contributed by atoms with Crippen molar-refractivity contribution < 1.29 is 14.3 Å². The second kappa shape index (κ2) is 10.2. The lowest BCUT2D eigenvalue weighted by molar-refractivity contribution is 0.178. The average Bonchev–Trinajstić information content (AvgIpc) is 2.61. The summed E-state index contributed by atoms with van der Waals surface area (Å²) in [5, 5.41) is 3.04. The van der Waals surface area contributed by atoms with Gasteiger partial charge in [0.15, 0.2) is 0 Å². The molecule has 2 amide bonds. The summed E-state index contributed by atoms with van der Waals surface area (Å²) in [5.74, 6) is 1.57. The van der Waals surface area contributed by atoms with E-state index in [0.29, 0.717) is 12.6 Å². The van der Waals surface area contributed by atoms with Crippen LogP contribution in [0.15, 0.2) is 18.2 Å². The Kier molecular flexibility index (Phi) is 7.89. The van der Waals surface area contributed by atoms with E-state index in [0.717, 1.165) is 36.3 Å². The van der Waals surface area contributed by atoms with E-state index >= 15 is 0 Å². The van der Waals surface area contributed by atoms with E-state index in [2.05, 4.69) is 5.32 Å². The predicted molar refractivity (Wildman–Crippen MR) is 101 cm³/mol. The van der Waals surface area contributed by atoms with Gasteiger partial charge >= 0.3 is 6.03 Å². The minimum Gasteiger partial charge on any atom is -0.497 e. The van der Waals surface area contributed by atoms with Crippen LogP contribution in [0, 0.1) is 0 Å². The molecule has 0 unspecified atom stereocenters. The molecule has 25 heavy (non-hydrogen) atoms. The number of carbonyl (C=O) groups excluding carboxylic acids is 1. The van der Waals surface area contributed by atoms with Gasteiger partial charge in [-0.2, -0.15) is 0 Å². The maximum atomic E-state index is 12.4. The van der Waals surface area contributed by atoms with Gasteiger partial charge in [0.05, 0.1) is 14.2 Å². The Hall–Kier alpha value is -1.91. The SMILES string of the molecule is COc1ccc(CCNC(=O)N(C)C2CCCCCCC2)c(OC)c1. The first kappa shape index (κ1) is 19.4. The van der Waals surface area contributed by atoms with Crippen LogP contribution in [0.4, 0.5) is 4.79 Å². The fourth-order valence-electron chi connectivity index (χ4n) is 3.47. The zero-order valence-corrected chi connectivity index (χ0v) is 15.8. The number of rotatable bonds is 6. The average molecular weight is 348 g/mol. The molecule has 140 valence electrons. The Balaban J connectivity index is 1.83. The number of ether oxygens (including phenoxy) is 2. The summed E-state index contributed by atoms with van der Waals surface area (Å²) in [7, 11) is 5.22. The quantitative estimate of drug-likeness (QED) is 0.845. The van der Waals surface area contributed by atoms with Crippen molar-refractivity contribution in [3.8, 4) is 11.5 Å². The van der Waals surface area contributed by atoms with E-state index in [1.54, 1.807) is 14.2 Å². The first-order chi connectivity index (χ1) is 12.2. The molecule has 1 aromatic rings. The van der Waals surface area contributed by atoms with E-state index < -0.39 is 0 Å². The third-order valence-electron chi connectivity index (χ3n) is 5.11. The zero-order chi connectivity index (χ0) is 18.1. The Labute approximate surface area is 151 Å². The molecule has 0 saturated heterocycles. The van der Waals surface area contributed by atoms with Crippen LogP contribution in [-0.4, -0.2) is 44.8 Å². The minimum absolute atomic E-state index is 0.0260. The van der Waals surface area contributed by atoms with Crippen molar-refractivity contribution in [3.63, 3.8) is 0 Å². The molecule has 1 aliphatic carbocycles. The highest BCUT2D eigenvalue weighted by Gasteiger charge is 2.20. The molecular weight excluding hydrogens is 316 g/mol. The number of carbonyl (C=O) groups is 1. The highest BCUT2D eigenvalue weighted by Crippen LogP contribution is 2.25. The summed E-state index contributed by atoms with van der Waals surface area (Å²) in [4.78, 5) is 14.3. The molecule has 5 nitrogen and oxygen atoms in total. The van der Waals surface area contributed by atoms with E-state index in [1.807, 2.05) is 30.1 Å². The van der Waals surface area contributed by atoms with Crippen LogP contribution in [0.3, 0.4) is 0 Å². The van der Waals surface area contributed by atoms with Crippen molar-refractivity contribution in [2.24, 2.45) is 0 Å². The van der Waals surface area contributed by atoms with Crippen molar-refractivity contribution in [2.45, 2.75) is 57.4 Å². The van der Waals surface area contributed by atoms with Gasteiger partial charge in [-0.3, -0.25) is 0 Å². The van der Waals surface area contributed by atoms with Crippen molar-refractivity contribution in [1.29, 1.82) is 0 Å². The number of methoxy groups -OCH3 is 2. The van der Waals surface area contributed by atoms with Crippen LogP contribution >= 0.6 is 0 Å². The van der Waals surface area contributed by atoms with Gasteiger partial charge in [-0.15, -0.1) is 0 Å². The molecule has 0 aromatic heterocycles. The maximum absolute atomic E-state index is 12.4. The number of hydrogen-bond donors (Lipinski definition) is 1. The Morgan fingerprint density at radius 3 is 2.44 bits per heavy atom. The van der Waals surface area contributed by atoms with Crippen LogP contribution in [0.25, 0.3) is 0 Å². The van der Waals surface area contributed by atoms with Gasteiger partial charge in [-0.05, 0) is 30.9 Å². The molecule has 0 heterocycles. The van der Waals surface area contributed by atoms with Gasteiger partial charge < -0.3 is 19.7 Å². The standard InChI is InChI=1S/C20H32N2O3/c1-22(17-9-7-5-4-6-8-10-17)20(23)21-14-13-16-11-12-18(24-2)15-19(16)25-3/h11-12,15,17H,4-10,13-14H2,1-3H3,(H,21,23). The molecular formula is C20H32N2O3. The predicted octanol–water partition coefficient (Wildman–Crippen LogP) is 4.00. The second-order valence-corrected chi connectivity index (χ2v) is 6.77.